The molecule has 57 heavy (non-hydrogen) atoms. The molecule has 3 heteroatoms. The minimum atomic E-state index is 0.0971. The monoisotopic (exact) mass is 732 g/mol. The number of hydrogen-bond donors (Lipinski definition) is 0. The highest BCUT2D eigenvalue weighted by Crippen LogP contribution is 2.45. The number of benzene rings is 8. The van der Waals surface area contributed by atoms with Crippen LogP contribution >= 0.6 is 0 Å². The second-order valence-corrected chi connectivity index (χ2v) is 15.7. The van der Waals surface area contributed by atoms with Gasteiger partial charge in [0.1, 0.15) is 11.2 Å². The van der Waals surface area contributed by atoms with Gasteiger partial charge in [-0.1, -0.05) is 153 Å². The van der Waals surface area contributed by atoms with E-state index in [0.717, 1.165) is 69.3 Å². The Balaban J connectivity index is 1.16. The van der Waals surface area contributed by atoms with E-state index in [4.69, 9.17) is 14.4 Å². The highest BCUT2D eigenvalue weighted by Gasteiger charge is 2.28. The third-order valence-electron chi connectivity index (χ3n) is 12.1. The number of fused-ring (bicyclic) bond motifs is 8. The van der Waals surface area contributed by atoms with Gasteiger partial charge in [-0.2, -0.15) is 0 Å². The summed E-state index contributed by atoms with van der Waals surface area (Å²) in [6.07, 6.45) is 5.06. The zero-order valence-electron chi connectivity index (χ0n) is 31.8. The molecule has 2 atom stereocenters. The van der Waals surface area contributed by atoms with E-state index in [2.05, 4.69) is 183 Å². The molecule has 9 aromatic rings. The van der Waals surface area contributed by atoms with Crippen LogP contribution in [0.5, 0.6) is 0 Å². The van der Waals surface area contributed by atoms with Crippen LogP contribution in [0.2, 0.25) is 0 Å². The van der Waals surface area contributed by atoms with Crippen molar-refractivity contribution in [2.75, 3.05) is 0 Å². The largest absolute Gasteiger partial charge is 0.456 e. The van der Waals surface area contributed by atoms with Crippen LogP contribution < -0.4 is 0 Å². The van der Waals surface area contributed by atoms with Crippen LogP contribution in [0.15, 0.2) is 190 Å². The Morgan fingerprint density at radius 3 is 1.96 bits per heavy atom. The summed E-state index contributed by atoms with van der Waals surface area (Å²) >= 11 is 0. The molecule has 272 valence electrons. The summed E-state index contributed by atoms with van der Waals surface area (Å²) in [5.41, 5.74) is 13.6. The number of hydrogen-bond acceptors (Lipinski definition) is 3. The molecular weight excluding hydrogens is 693 g/mol. The average molecular weight is 733 g/mol. The first kappa shape index (κ1) is 33.5. The van der Waals surface area contributed by atoms with E-state index >= 15 is 0 Å². The molecule has 1 aliphatic heterocycles. The van der Waals surface area contributed by atoms with Gasteiger partial charge in [-0.25, -0.2) is 9.98 Å². The van der Waals surface area contributed by atoms with Crippen molar-refractivity contribution in [3.63, 3.8) is 0 Å². The summed E-state index contributed by atoms with van der Waals surface area (Å²) < 4.78 is 6.94. The normalized spacial score (nSPS) is 19.7. The van der Waals surface area contributed by atoms with Crippen LogP contribution in [0.3, 0.4) is 0 Å². The maximum Gasteiger partial charge on any atom is 0.160 e. The van der Waals surface area contributed by atoms with Gasteiger partial charge in [0.05, 0.1) is 11.4 Å². The molecule has 1 aromatic heterocycles. The van der Waals surface area contributed by atoms with E-state index in [0.29, 0.717) is 5.84 Å². The Morgan fingerprint density at radius 1 is 0.544 bits per heavy atom. The third-order valence-corrected chi connectivity index (χ3v) is 12.1. The fourth-order valence-corrected chi connectivity index (χ4v) is 9.25. The molecule has 2 aliphatic rings. The number of amidine groups is 1. The summed E-state index contributed by atoms with van der Waals surface area (Å²) in [5, 5.41) is 7.16. The van der Waals surface area contributed by atoms with Crippen molar-refractivity contribution < 1.29 is 4.42 Å². The highest BCUT2D eigenvalue weighted by molar-refractivity contribution is 6.24. The summed E-state index contributed by atoms with van der Waals surface area (Å²) in [5.74, 6) is 0.967. The molecular formula is C54H40N2O. The summed E-state index contributed by atoms with van der Waals surface area (Å²) in [7, 11) is 0. The van der Waals surface area contributed by atoms with Gasteiger partial charge in [-0.05, 0) is 105 Å². The van der Waals surface area contributed by atoms with E-state index in [1.165, 1.54) is 49.4 Å². The summed E-state index contributed by atoms with van der Waals surface area (Å²) in [6.45, 7) is 2.31. The lowest BCUT2D eigenvalue weighted by Crippen LogP contribution is -2.18. The van der Waals surface area contributed by atoms with Crippen LogP contribution in [0.25, 0.3) is 60.3 Å². The lowest BCUT2D eigenvalue weighted by Gasteiger charge is -2.22. The number of furan rings is 1. The van der Waals surface area contributed by atoms with Gasteiger partial charge >= 0.3 is 0 Å². The molecule has 11 rings (SSSR count). The van der Waals surface area contributed by atoms with Crippen molar-refractivity contribution in [1.29, 1.82) is 0 Å². The second kappa shape index (κ2) is 13.7. The van der Waals surface area contributed by atoms with Gasteiger partial charge in [0.25, 0.3) is 0 Å². The average Bonchev–Trinajstić information content (AvgIpc) is 3.53. The molecule has 0 saturated carbocycles. The molecule has 2 heterocycles. The quantitative estimate of drug-likeness (QED) is 0.178. The summed E-state index contributed by atoms with van der Waals surface area (Å²) in [6, 6.07) is 61.3. The van der Waals surface area contributed by atoms with Gasteiger partial charge < -0.3 is 4.42 Å². The first-order valence-electron chi connectivity index (χ1n) is 20.1. The Kier molecular flexibility index (Phi) is 8.06. The van der Waals surface area contributed by atoms with Crippen molar-refractivity contribution in [2.24, 2.45) is 15.9 Å². The predicted molar refractivity (Wildman–Crippen MR) is 238 cm³/mol. The molecule has 0 saturated heterocycles. The molecule has 0 radical (unpaired) electrons. The number of nitrogens with zero attached hydrogens (tertiary/aromatic N) is 2. The fourth-order valence-electron chi connectivity index (χ4n) is 9.25. The Morgan fingerprint density at radius 2 is 1.19 bits per heavy atom. The Hall–Kier alpha value is -6.84. The van der Waals surface area contributed by atoms with Crippen molar-refractivity contribution in [3.8, 4) is 11.1 Å². The SMILES string of the molecule is CC1C/C=C(c2ccccc2)/N=C(c2ccccc2)\N=C/1c1cc(C2CCc3cc4ccccc4cc3-c3ccccc32)cc2oc3cc4ccccc4cc3c12. The lowest BCUT2D eigenvalue weighted by atomic mass is 9.82. The molecule has 1 aliphatic carbocycles. The minimum Gasteiger partial charge on any atom is -0.456 e. The zero-order chi connectivity index (χ0) is 37.9. The van der Waals surface area contributed by atoms with Gasteiger partial charge in [0.2, 0.25) is 0 Å². The second-order valence-electron chi connectivity index (χ2n) is 15.7. The maximum atomic E-state index is 6.94. The van der Waals surface area contributed by atoms with E-state index in [1.807, 2.05) is 0 Å². The molecule has 0 N–H and O–H groups in total. The van der Waals surface area contributed by atoms with Gasteiger partial charge in [-0.15, -0.1) is 0 Å². The molecule has 8 aromatic carbocycles. The van der Waals surface area contributed by atoms with Crippen LogP contribution in [0.4, 0.5) is 0 Å². The molecule has 0 fully saturated rings. The highest BCUT2D eigenvalue weighted by atomic mass is 16.3. The topological polar surface area (TPSA) is 37.9 Å². The lowest BCUT2D eigenvalue weighted by molar-refractivity contribution is 0.665. The van der Waals surface area contributed by atoms with Crippen LogP contribution in [0.1, 0.15) is 59.1 Å². The fraction of sp³-hybridized carbons (Fsp3) is 0.111. The predicted octanol–water partition coefficient (Wildman–Crippen LogP) is 14.0. The Labute approximate surface area is 332 Å². The van der Waals surface area contributed by atoms with Crippen LogP contribution in [-0.4, -0.2) is 11.5 Å². The molecule has 0 spiro atoms. The van der Waals surface area contributed by atoms with Gasteiger partial charge in [0, 0.05) is 33.7 Å². The molecule has 3 nitrogen and oxygen atoms in total. The van der Waals surface area contributed by atoms with Gasteiger partial charge in [-0.3, -0.25) is 0 Å². The van der Waals surface area contributed by atoms with Crippen molar-refractivity contribution in [2.45, 2.75) is 32.1 Å². The smallest absolute Gasteiger partial charge is 0.160 e. The van der Waals surface area contributed by atoms with E-state index < -0.39 is 0 Å². The molecule has 0 amide bonds. The van der Waals surface area contributed by atoms with E-state index in [-0.39, 0.29) is 11.8 Å². The number of aryl methyl sites for hydroxylation is 1. The maximum absolute atomic E-state index is 6.94. The van der Waals surface area contributed by atoms with Crippen molar-refractivity contribution in [3.05, 3.63) is 209 Å². The standard InChI is InChI=1S/C54H40N2O/c1-34-24-27-49(35-14-4-2-5-15-35)55-54(36-16-6-3-7-17-36)56-53(34)48-31-42(33-51-52(48)47-30-39-20-10-11-21-40(39)32-50(47)57-51)43-26-25-41-28-37-18-8-9-19-38(37)29-46(41)45-23-13-12-22-44(43)45/h2-23,27-34,43H,24-26H2,1H3/b49-27+,55-54-,56-53+. The number of allylic oxidation sites excluding steroid dienone is 1. The van der Waals surface area contributed by atoms with E-state index in [1.54, 1.807) is 0 Å². The zero-order valence-corrected chi connectivity index (χ0v) is 31.8. The van der Waals surface area contributed by atoms with Gasteiger partial charge in [0.15, 0.2) is 5.84 Å². The minimum absolute atomic E-state index is 0.0971. The number of rotatable bonds is 4. The van der Waals surface area contributed by atoms with Crippen LogP contribution in [-0.2, 0) is 6.42 Å². The molecule has 0 bridgehead atoms. The first-order chi connectivity index (χ1) is 28.1. The third kappa shape index (κ3) is 5.90. The first-order valence-corrected chi connectivity index (χ1v) is 20.1. The Bertz CT molecular complexity index is 3110. The number of aliphatic imine (C=N–C) groups is 2. The van der Waals surface area contributed by atoms with Crippen molar-refractivity contribution >= 4 is 60.7 Å². The van der Waals surface area contributed by atoms with Crippen molar-refractivity contribution in [1.82, 2.24) is 0 Å². The van der Waals surface area contributed by atoms with Crippen LogP contribution in [0, 0.1) is 5.92 Å². The van der Waals surface area contributed by atoms with E-state index in [9.17, 15) is 0 Å². The summed E-state index contributed by atoms with van der Waals surface area (Å²) in [4.78, 5) is 11.0. The molecule has 2 unspecified atom stereocenters.